The van der Waals surface area contributed by atoms with Crippen molar-refractivity contribution in [3.05, 3.63) is 18.2 Å². The Morgan fingerprint density at radius 1 is 1.12 bits per heavy atom. The number of amides is 1. The number of rotatable bonds is 5. The van der Waals surface area contributed by atoms with Gasteiger partial charge >= 0.3 is 12.1 Å². The molecular formula is C14H13F3N2O4S. The molecule has 1 amide bonds. The number of carbonyl (C=O) groups excluding carboxylic acids is 1. The molecule has 2 aromatic rings. The number of nitrogens with zero attached hydrogens (tertiary/aromatic N) is 1. The molecule has 24 heavy (non-hydrogen) atoms. The summed E-state index contributed by atoms with van der Waals surface area (Å²) >= 11 is 0.722. The Bertz CT molecular complexity index is 746. The second-order valence-corrected chi connectivity index (χ2v) is 5.22. The van der Waals surface area contributed by atoms with E-state index in [-0.39, 0.29) is 5.00 Å². The van der Waals surface area contributed by atoms with Crippen LogP contribution >= 0.6 is 11.5 Å². The number of carbonyl (C=O) groups is 1. The summed E-state index contributed by atoms with van der Waals surface area (Å²) in [6, 6.07) is 4.56. The van der Waals surface area contributed by atoms with Crippen LogP contribution in [0.3, 0.4) is 0 Å². The van der Waals surface area contributed by atoms with E-state index in [9.17, 15) is 18.0 Å². The number of nitrogens with one attached hydrogen (secondary N) is 1. The van der Waals surface area contributed by atoms with Crippen molar-refractivity contribution in [3.63, 3.8) is 0 Å². The minimum Gasteiger partial charge on any atom is -0.493 e. The highest BCUT2D eigenvalue weighted by molar-refractivity contribution is 7.10. The third-order valence-corrected chi connectivity index (χ3v) is 3.69. The maximum Gasteiger partial charge on any atom is 0.471 e. The fourth-order valence-corrected chi connectivity index (χ4v) is 2.60. The largest absolute Gasteiger partial charge is 0.493 e. The van der Waals surface area contributed by atoms with E-state index in [1.807, 2.05) is 0 Å². The fraction of sp³-hybridized carbons (Fsp3) is 0.286. The number of alkyl halides is 3. The number of hydrogen-bond donors (Lipinski definition) is 1. The predicted octanol–water partition coefficient (Wildman–Crippen LogP) is 3.34. The molecular weight excluding hydrogens is 349 g/mol. The standard InChI is InChI=1S/C14H13F3N2O4S/c1-21-9-5-4-7(11(22-2)12(9)23-3)8-6-10(24-19-8)18-13(20)14(15,16)17/h4-6H,1-3H3,(H,18,20). The molecule has 0 saturated carbocycles. The highest BCUT2D eigenvalue weighted by Crippen LogP contribution is 2.44. The zero-order chi connectivity index (χ0) is 17.9. The van der Waals surface area contributed by atoms with Crippen LogP contribution in [0.1, 0.15) is 0 Å². The molecule has 130 valence electrons. The van der Waals surface area contributed by atoms with Crippen LogP contribution in [0.25, 0.3) is 11.3 Å². The first-order valence-electron chi connectivity index (χ1n) is 6.46. The zero-order valence-electron chi connectivity index (χ0n) is 12.9. The summed E-state index contributed by atoms with van der Waals surface area (Å²) in [5.74, 6) is -0.988. The molecule has 0 saturated heterocycles. The number of methoxy groups -OCH3 is 3. The van der Waals surface area contributed by atoms with E-state index in [2.05, 4.69) is 4.37 Å². The topological polar surface area (TPSA) is 69.7 Å². The molecule has 0 radical (unpaired) electrons. The number of benzene rings is 1. The summed E-state index contributed by atoms with van der Waals surface area (Å²) in [5, 5.41) is 1.72. The zero-order valence-corrected chi connectivity index (χ0v) is 13.7. The van der Waals surface area contributed by atoms with Crippen LogP contribution in [0, 0.1) is 0 Å². The normalized spacial score (nSPS) is 11.1. The maximum absolute atomic E-state index is 12.3. The molecule has 0 aliphatic carbocycles. The Balaban J connectivity index is 2.38. The number of aromatic nitrogens is 1. The fourth-order valence-electron chi connectivity index (χ4n) is 1.95. The number of halogens is 3. The SMILES string of the molecule is COc1ccc(-c2cc(NC(=O)C(F)(F)F)sn2)c(OC)c1OC. The van der Waals surface area contributed by atoms with Crippen LogP contribution in [0.5, 0.6) is 17.2 Å². The van der Waals surface area contributed by atoms with Crippen LogP contribution < -0.4 is 19.5 Å². The molecule has 1 aromatic carbocycles. The first kappa shape index (κ1) is 17.9. The number of ether oxygens (including phenoxy) is 3. The molecule has 0 aliphatic heterocycles. The minimum absolute atomic E-state index is 0.0378. The van der Waals surface area contributed by atoms with Gasteiger partial charge < -0.3 is 19.5 Å². The van der Waals surface area contributed by atoms with E-state index in [1.165, 1.54) is 27.4 Å². The molecule has 1 aromatic heterocycles. The summed E-state index contributed by atoms with van der Waals surface area (Å²) in [6.07, 6.45) is -4.97. The maximum atomic E-state index is 12.3. The molecule has 0 aliphatic rings. The van der Waals surface area contributed by atoms with Gasteiger partial charge in [0, 0.05) is 11.6 Å². The van der Waals surface area contributed by atoms with Crippen molar-refractivity contribution in [2.45, 2.75) is 6.18 Å². The van der Waals surface area contributed by atoms with Gasteiger partial charge in [-0.25, -0.2) is 0 Å². The smallest absolute Gasteiger partial charge is 0.471 e. The summed E-state index contributed by atoms with van der Waals surface area (Å²) in [6.45, 7) is 0. The predicted molar refractivity (Wildman–Crippen MR) is 81.9 cm³/mol. The van der Waals surface area contributed by atoms with Crippen LogP contribution in [0.2, 0.25) is 0 Å². The average Bonchev–Trinajstić information content (AvgIpc) is 3.00. The van der Waals surface area contributed by atoms with Gasteiger partial charge in [0.2, 0.25) is 5.75 Å². The van der Waals surface area contributed by atoms with Crippen molar-refractivity contribution in [2.75, 3.05) is 26.6 Å². The van der Waals surface area contributed by atoms with Gasteiger partial charge in [0.1, 0.15) is 5.00 Å². The van der Waals surface area contributed by atoms with Crippen LogP contribution in [-0.2, 0) is 4.79 Å². The van der Waals surface area contributed by atoms with Crippen molar-refractivity contribution in [2.24, 2.45) is 0 Å². The average molecular weight is 362 g/mol. The van der Waals surface area contributed by atoms with Gasteiger partial charge in [-0.05, 0) is 23.7 Å². The van der Waals surface area contributed by atoms with Gasteiger partial charge in [-0.2, -0.15) is 17.5 Å². The Labute approximate surface area is 139 Å². The molecule has 1 N–H and O–H groups in total. The molecule has 0 bridgehead atoms. The third kappa shape index (κ3) is 3.53. The lowest BCUT2D eigenvalue weighted by Gasteiger charge is -2.14. The van der Waals surface area contributed by atoms with Gasteiger partial charge in [-0.1, -0.05) is 0 Å². The molecule has 6 nitrogen and oxygen atoms in total. The van der Waals surface area contributed by atoms with E-state index < -0.39 is 12.1 Å². The Kier molecular flexibility index (Phi) is 5.17. The van der Waals surface area contributed by atoms with Gasteiger partial charge in [0.25, 0.3) is 0 Å². The van der Waals surface area contributed by atoms with E-state index in [4.69, 9.17) is 14.2 Å². The summed E-state index contributed by atoms with van der Waals surface area (Å²) < 4.78 is 56.6. The van der Waals surface area contributed by atoms with Crippen molar-refractivity contribution in [1.82, 2.24) is 4.37 Å². The Morgan fingerprint density at radius 2 is 1.79 bits per heavy atom. The highest BCUT2D eigenvalue weighted by atomic mass is 32.1. The van der Waals surface area contributed by atoms with E-state index in [0.717, 1.165) is 11.5 Å². The lowest BCUT2D eigenvalue weighted by molar-refractivity contribution is -0.167. The molecule has 0 unspecified atom stereocenters. The van der Waals surface area contributed by atoms with Crippen molar-refractivity contribution >= 4 is 22.4 Å². The van der Waals surface area contributed by atoms with E-state index >= 15 is 0 Å². The number of hydrogen-bond acceptors (Lipinski definition) is 6. The van der Waals surface area contributed by atoms with Crippen molar-refractivity contribution < 1.29 is 32.2 Å². The molecule has 0 spiro atoms. The molecule has 0 fully saturated rings. The first-order valence-corrected chi connectivity index (χ1v) is 7.23. The molecule has 1 heterocycles. The Hall–Kier alpha value is -2.49. The number of anilines is 1. The first-order chi connectivity index (χ1) is 11.3. The lowest BCUT2D eigenvalue weighted by Crippen LogP contribution is -2.29. The van der Waals surface area contributed by atoms with Gasteiger partial charge in [-0.3, -0.25) is 4.79 Å². The van der Waals surface area contributed by atoms with Crippen molar-refractivity contribution in [3.8, 4) is 28.5 Å². The van der Waals surface area contributed by atoms with Crippen LogP contribution in [-0.4, -0.2) is 37.8 Å². The van der Waals surface area contributed by atoms with E-state index in [1.54, 1.807) is 17.4 Å². The monoisotopic (exact) mass is 362 g/mol. The summed E-state index contributed by atoms with van der Waals surface area (Å²) in [4.78, 5) is 11.0. The van der Waals surface area contributed by atoms with Gasteiger partial charge in [0.05, 0.1) is 27.0 Å². The highest BCUT2D eigenvalue weighted by Gasteiger charge is 2.39. The molecule has 0 atom stereocenters. The summed E-state index contributed by atoms with van der Waals surface area (Å²) in [7, 11) is 4.31. The van der Waals surface area contributed by atoms with Gasteiger partial charge in [-0.15, -0.1) is 0 Å². The quantitative estimate of drug-likeness (QED) is 0.884. The van der Waals surface area contributed by atoms with E-state index in [0.29, 0.717) is 28.5 Å². The minimum atomic E-state index is -4.97. The molecule has 2 rings (SSSR count). The van der Waals surface area contributed by atoms with Crippen LogP contribution in [0.15, 0.2) is 18.2 Å². The third-order valence-electron chi connectivity index (χ3n) is 2.98. The molecule has 10 heteroatoms. The second kappa shape index (κ2) is 6.95. The Morgan fingerprint density at radius 3 is 2.33 bits per heavy atom. The van der Waals surface area contributed by atoms with Crippen molar-refractivity contribution in [1.29, 1.82) is 0 Å². The summed E-state index contributed by atoms with van der Waals surface area (Å²) in [5.41, 5.74) is 0.814. The second-order valence-electron chi connectivity index (χ2n) is 4.41. The van der Waals surface area contributed by atoms with Gasteiger partial charge in [0.15, 0.2) is 11.5 Å². The lowest BCUT2D eigenvalue weighted by atomic mass is 10.1. The van der Waals surface area contributed by atoms with Crippen LogP contribution in [0.4, 0.5) is 18.2 Å².